The molecule has 2 N–H and O–H groups in total. The van der Waals surface area contributed by atoms with Gasteiger partial charge in [-0.2, -0.15) is 0 Å². The minimum Gasteiger partial charge on any atom is -0.490 e. The Balaban J connectivity index is 1.27. The largest absolute Gasteiger partial charge is 0.490 e. The number of hydrogen-bond acceptors (Lipinski definition) is 8. The van der Waals surface area contributed by atoms with E-state index >= 15 is 0 Å². The summed E-state index contributed by atoms with van der Waals surface area (Å²) in [5, 5.41) is 9.74. The molecule has 12 heteroatoms. The number of nitrogens with zero attached hydrogens (tertiary/aromatic N) is 3. The lowest BCUT2D eigenvalue weighted by atomic mass is 9.68. The second-order valence-corrected chi connectivity index (χ2v) is 17.6. The van der Waals surface area contributed by atoms with Gasteiger partial charge in [-0.25, -0.2) is 9.00 Å². The highest BCUT2D eigenvalue weighted by Crippen LogP contribution is 2.47. The van der Waals surface area contributed by atoms with Gasteiger partial charge >= 0.3 is 6.03 Å². The molecule has 51 heavy (non-hydrogen) atoms. The van der Waals surface area contributed by atoms with Crippen LogP contribution in [0.2, 0.25) is 0 Å². The third kappa shape index (κ3) is 7.04. The zero-order valence-corrected chi connectivity index (χ0v) is 31.1. The van der Waals surface area contributed by atoms with Crippen LogP contribution >= 0.6 is 0 Å². The average molecular weight is 721 g/mol. The minimum absolute atomic E-state index is 0.0106. The molecular weight excluding hydrogens is 669 g/mol. The predicted octanol–water partition coefficient (Wildman–Crippen LogP) is 5.03. The molecule has 2 aliphatic carbocycles. The van der Waals surface area contributed by atoms with Crippen LogP contribution in [0.25, 0.3) is 0 Å². The zero-order chi connectivity index (χ0) is 36.0. The number of rotatable bonds is 4. The molecule has 2 fully saturated rings. The van der Waals surface area contributed by atoms with Crippen LogP contribution in [-0.4, -0.2) is 97.2 Å². The van der Waals surface area contributed by atoms with Gasteiger partial charge in [0, 0.05) is 38.3 Å². The SMILES string of the molecule is CO[C@H]1/C=C/C[C@H](C)CS(=O)(NC(=O)N2CC(CO)(OC)C2)=NC(=O)c2ccc3c(c2)N(C[C@@H]2CC[C@H]21)C[C@@]1(CCCc2cc(C)ccc21)CO3. The third-order valence-corrected chi connectivity index (χ3v) is 13.9. The van der Waals surface area contributed by atoms with Gasteiger partial charge in [0.05, 0.1) is 43.8 Å². The molecule has 11 nitrogen and oxygen atoms in total. The van der Waals surface area contributed by atoms with E-state index in [2.05, 4.69) is 51.3 Å². The number of aryl methyl sites for hydroxylation is 2. The van der Waals surface area contributed by atoms with Gasteiger partial charge in [0.2, 0.25) is 0 Å². The summed E-state index contributed by atoms with van der Waals surface area (Å²) >= 11 is 0. The van der Waals surface area contributed by atoms with Crippen molar-refractivity contribution >= 4 is 27.5 Å². The summed E-state index contributed by atoms with van der Waals surface area (Å²) in [7, 11) is -0.295. The summed E-state index contributed by atoms with van der Waals surface area (Å²) in [5.41, 5.74) is 4.06. The number of anilines is 1. The van der Waals surface area contributed by atoms with E-state index in [9.17, 15) is 18.9 Å². The van der Waals surface area contributed by atoms with Gasteiger partial charge < -0.3 is 29.1 Å². The second-order valence-electron chi connectivity index (χ2n) is 15.6. The summed E-state index contributed by atoms with van der Waals surface area (Å²) in [4.78, 5) is 31.1. The van der Waals surface area contributed by atoms with E-state index in [4.69, 9.17) is 14.2 Å². The van der Waals surface area contributed by atoms with Gasteiger partial charge in [0.1, 0.15) is 21.3 Å². The molecule has 0 radical (unpaired) electrons. The van der Waals surface area contributed by atoms with Crippen LogP contribution in [0.5, 0.6) is 5.75 Å². The molecule has 1 saturated carbocycles. The monoisotopic (exact) mass is 720 g/mol. The first kappa shape index (κ1) is 35.9. The van der Waals surface area contributed by atoms with Crippen LogP contribution in [0.15, 0.2) is 52.9 Å². The Kier molecular flexibility index (Phi) is 9.99. The first-order valence-corrected chi connectivity index (χ1v) is 20.0. The summed E-state index contributed by atoms with van der Waals surface area (Å²) in [6.45, 7) is 6.20. The maximum atomic E-state index is 14.5. The van der Waals surface area contributed by atoms with Gasteiger partial charge in [-0.05, 0) is 92.5 Å². The van der Waals surface area contributed by atoms with E-state index in [0.29, 0.717) is 36.2 Å². The number of ether oxygens (including phenoxy) is 3. The molecule has 1 unspecified atom stereocenters. The summed E-state index contributed by atoms with van der Waals surface area (Å²) in [5.74, 6) is 0.641. The number of allylic oxidation sites excluding steroid dienone is 1. The number of nitrogens with one attached hydrogen (secondary N) is 1. The quantitative estimate of drug-likeness (QED) is 0.421. The number of aliphatic hydroxyl groups excluding tert-OH is 1. The molecule has 3 heterocycles. The van der Waals surface area contributed by atoms with Crippen LogP contribution in [0, 0.1) is 24.7 Å². The molecule has 7 rings (SSSR count). The molecule has 2 aromatic rings. The minimum atomic E-state index is -3.54. The fourth-order valence-electron chi connectivity index (χ4n) is 8.82. The maximum Gasteiger partial charge on any atom is 0.330 e. The third-order valence-electron chi connectivity index (χ3n) is 11.9. The fourth-order valence-corrected chi connectivity index (χ4v) is 10.7. The lowest BCUT2D eigenvalue weighted by Crippen LogP contribution is -2.68. The van der Waals surface area contributed by atoms with E-state index in [0.717, 1.165) is 50.9 Å². The molecule has 1 spiro atoms. The Labute approximate surface area is 302 Å². The van der Waals surface area contributed by atoms with Crippen molar-refractivity contribution in [3.63, 3.8) is 0 Å². The predicted molar refractivity (Wildman–Crippen MR) is 197 cm³/mol. The summed E-state index contributed by atoms with van der Waals surface area (Å²) in [6.07, 6.45) is 10.0. The fraction of sp³-hybridized carbons (Fsp3) is 0.590. The van der Waals surface area contributed by atoms with Crippen LogP contribution in [0.4, 0.5) is 10.5 Å². The molecule has 2 aromatic carbocycles. The standard InChI is InChI=1S/C39H52N4O7S/c1-26-10-14-32-28(17-26)8-6-16-38(32)21-42-19-30-11-13-31(30)34(48-3)9-5-7-27(2)20-51(47,41-37(46)43-22-39(23-43,24-44)49-4)40-36(45)29-12-15-35(50-25-38)33(42)18-29/h5,9-10,12,14-15,17-18,27,30-31,34,44H,6-8,11,13,16,19-25H2,1-4H3,(H,40,41,45,46,47)/b9-5+/t27-,30-,31+,34-,38-,51?/m0/s1. The number of carbonyl (C=O) groups excluding carboxylic acids is 2. The molecule has 3 aliphatic heterocycles. The average Bonchev–Trinajstić information content (AvgIpc) is 3.22. The Bertz CT molecular complexity index is 1810. The normalized spacial score (nSPS) is 32.2. The topological polar surface area (TPSA) is 130 Å². The van der Waals surface area contributed by atoms with E-state index in [1.807, 2.05) is 19.1 Å². The molecule has 276 valence electrons. The van der Waals surface area contributed by atoms with E-state index in [-0.39, 0.29) is 42.9 Å². The van der Waals surface area contributed by atoms with Crippen LogP contribution in [-0.2, 0) is 31.2 Å². The lowest BCUT2D eigenvalue weighted by molar-refractivity contribution is -0.131. The Morgan fingerprint density at radius 3 is 2.71 bits per heavy atom. The molecule has 0 aromatic heterocycles. The van der Waals surface area contributed by atoms with E-state index in [1.54, 1.807) is 13.2 Å². The number of benzene rings is 2. The van der Waals surface area contributed by atoms with Gasteiger partial charge in [-0.15, -0.1) is 4.36 Å². The van der Waals surface area contributed by atoms with Gasteiger partial charge in [0.15, 0.2) is 0 Å². The number of carbonyl (C=O) groups is 2. The number of aliphatic hydroxyl groups is 1. The highest BCUT2D eigenvalue weighted by molar-refractivity contribution is 7.92. The number of fused-ring (bicyclic) bond motifs is 4. The van der Waals surface area contributed by atoms with E-state index < -0.39 is 27.5 Å². The van der Waals surface area contributed by atoms with Crippen molar-refractivity contribution < 1.29 is 33.1 Å². The lowest BCUT2D eigenvalue weighted by Gasteiger charge is -2.47. The first-order valence-electron chi connectivity index (χ1n) is 18.3. The van der Waals surface area contributed by atoms with Crippen molar-refractivity contribution in [2.75, 3.05) is 64.3 Å². The zero-order valence-electron chi connectivity index (χ0n) is 30.3. The maximum absolute atomic E-state index is 14.5. The first-order chi connectivity index (χ1) is 24.5. The smallest absolute Gasteiger partial charge is 0.330 e. The number of hydrogen-bond donors (Lipinski definition) is 2. The molecule has 6 atom stereocenters. The van der Waals surface area contributed by atoms with Crippen LogP contribution in [0.3, 0.4) is 0 Å². The van der Waals surface area contributed by atoms with Crippen molar-refractivity contribution in [2.45, 2.75) is 69.5 Å². The van der Waals surface area contributed by atoms with Crippen LogP contribution in [0.1, 0.15) is 66.1 Å². The summed E-state index contributed by atoms with van der Waals surface area (Å²) in [6, 6.07) is 11.6. The van der Waals surface area contributed by atoms with Gasteiger partial charge in [-0.3, -0.25) is 9.52 Å². The van der Waals surface area contributed by atoms with Crippen molar-refractivity contribution in [3.05, 3.63) is 70.8 Å². The van der Waals surface area contributed by atoms with Crippen molar-refractivity contribution in [1.82, 2.24) is 9.62 Å². The molecule has 2 bridgehead atoms. The van der Waals surface area contributed by atoms with Crippen LogP contribution < -0.4 is 14.4 Å². The molecule has 1 saturated heterocycles. The number of urea groups is 1. The number of likely N-dealkylation sites (tertiary alicyclic amines) is 1. The van der Waals surface area contributed by atoms with E-state index in [1.165, 1.54) is 28.7 Å². The van der Waals surface area contributed by atoms with Gasteiger partial charge in [-0.1, -0.05) is 42.8 Å². The number of amides is 3. The van der Waals surface area contributed by atoms with Crippen molar-refractivity contribution in [2.24, 2.45) is 22.1 Å². The second kappa shape index (κ2) is 14.2. The Morgan fingerprint density at radius 1 is 1.16 bits per heavy atom. The van der Waals surface area contributed by atoms with Crippen molar-refractivity contribution in [3.8, 4) is 5.75 Å². The van der Waals surface area contributed by atoms with Gasteiger partial charge in [0.25, 0.3) is 5.91 Å². The highest BCUT2D eigenvalue weighted by atomic mass is 32.2. The molecule has 3 amide bonds. The Hall–Kier alpha value is -3.45. The summed E-state index contributed by atoms with van der Waals surface area (Å²) < 4.78 is 39.5. The molecule has 5 aliphatic rings. The molecular formula is C39H52N4O7S. The van der Waals surface area contributed by atoms with Crippen molar-refractivity contribution in [1.29, 1.82) is 0 Å². The Morgan fingerprint density at radius 2 is 1.98 bits per heavy atom. The number of methoxy groups -OCH3 is 2. The highest BCUT2D eigenvalue weighted by Gasteiger charge is 2.47.